The number of aromatic nitrogens is 1. The normalized spacial score (nSPS) is 28.2. The highest BCUT2D eigenvalue weighted by Crippen LogP contribution is 2.38. The molecule has 1 aromatic heterocycles. The minimum absolute atomic E-state index is 0.343. The van der Waals surface area contributed by atoms with Crippen LogP contribution in [0.5, 0.6) is 0 Å². The summed E-state index contributed by atoms with van der Waals surface area (Å²) in [5.41, 5.74) is 1.39. The predicted molar refractivity (Wildman–Crippen MR) is 52.6 cm³/mol. The van der Waals surface area contributed by atoms with Crippen LogP contribution in [-0.4, -0.2) is 16.3 Å². The second-order valence-corrected chi connectivity index (χ2v) is 4.02. The predicted octanol–water partition coefficient (Wildman–Crippen LogP) is 1.90. The Balaban J connectivity index is 2.20. The average molecular weight is 179 g/mol. The van der Waals surface area contributed by atoms with Crippen LogP contribution >= 0.6 is 0 Å². The van der Waals surface area contributed by atoms with Crippen LogP contribution in [0.3, 0.4) is 0 Å². The van der Waals surface area contributed by atoms with Gasteiger partial charge in [0.2, 0.25) is 0 Å². The number of hydrogen-bond donors (Lipinski definition) is 1. The summed E-state index contributed by atoms with van der Waals surface area (Å²) in [5.74, 6) is 1.08. The zero-order chi connectivity index (χ0) is 9.26. The second kappa shape index (κ2) is 3.54. The molecule has 0 saturated heterocycles. The quantitative estimate of drug-likeness (QED) is 0.737. The number of aryl methyl sites for hydroxylation is 1. The van der Waals surface area contributed by atoms with Gasteiger partial charge in [-0.2, -0.15) is 0 Å². The lowest BCUT2D eigenvalue weighted by Gasteiger charge is -2.18. The summed E-state index contributed by atoms with van der Waals surface area (Å²) in [6.45, 7) is 0.343. The van der Waals surface area contributed by atoms with Gasteiger partial charge < -0.3 is 9.67 Å². The van der Waals surface area contributed by atoms with Crippen LogP contribution < -0.4 is 0 Å². The van der Waals surface area contributed by atoms with Crippen molar-refractivity contribution in [1.82, 2.24) is 4.57 Å². The maximum atomic E-state index is 9.22. The first-order valence-corrected chi connectivity index (χ1v) is 5.05. The Morgan fingerprint density at radius 1 is 1.54 bits per heavy atom. The summed E-state index contributed by atoms with van der Waals surface area (Å²) in [6, 6.07) is 4.26. The molecular weight excluding hydrogens is 162 g/mol. The Kier molecular flexibility index (Phi) is 2.40. The van der Waals surface area contributed by atoms with E-state index < -0.39 is 0 Å². The van der Waals surface area contributed by atoms with E-state index in [1.807, 2.05) is 0 Å². The highest BCUT2D eigenvalue weighted by molar-refractivity contribution is 5.15. The van der Waals surface area contributed by atoms with E-state index in [4.69, 9.17) is 0 Å². The van der Waals surface area contributed by atoms with E-state index in [0.717, 1.165) is 0 Å². The van der Waals surface area contributed by atoms with Crippen molar-refractivity contribution in [1.29, 1.82) is 0 Å². The van der Waals surface area contributed by atoms with Crippen LogP contribution in [0.25, 0.3) is 0 Å². The van der Waals surface area contributed by atoms with Crippen molar-refractivity contribution in [2.75, 3.05) is 6.61 Å². The number of aliphatic hydroxyl groups excluding tert-OH is 1. The molecule has 13 heavy (non-hydrogen) atoms. The Labute approximate surface area is 79.2 Å². The first-order chi connectivity index (χ1) is 6.33. The fourth-order valence-electron chi connectivity index (χ4n) is 2.50. The van der Waals surface area contributed by atoms with Crippen LogP contribution in [0, 0.1) is 5.92 Å². The van der Waals surface area contributed by atoms with E-state index in [-0.39, 0.29) is 0 Å². The molecule has 0 bridgehead atoms. The molecule has 1 fully saturated rings. The molecule has 1 aliphatic rings. The number of aliphatic hydroxyl groups is 1. The third-order valence-electron chi connectivity index (χ3n) is 3.26. The van der Waals surface area contributed by atoms with Crippen LogP contribution in [-0.2, 0) is 7.05 Å². The lowest BCUT2D eigenvalue weighted by molar-refractivity contribution is 0.215. The third kappa shape index (κ3) is 1.51. The summed E-state index contributed by atoms with van der Waals surface area (Å²) in [6.07, 6.45) is 5.78. The lowest BCUT2D eigenvalue weighted by Crippen LogP contribution is -2.13. The highest BCUT2D eigenvalue weighted by Gasteiger charge is 2.29. The lowest BCUT2D eigenvalue weighted by atomic mass is 9.94. The summed E-state index contributed by atoms with van der Waals surface area (Å²) in [4.78, 5) is 0. The third-order valence-corrected chi connectivity index (χ3v) is 3.26. The minimum atomic E-state index is 0.343. The average Bonchev–Trinajstić information content (AvgIpc) is 2.71. The molecule has 1 saturated carbocycles. The standard InChI is InChI=1S/C11H17NO/c1-12-7-3-6-11(12)10-5-2-4-9(10)8-13/h3,6-7,9-10,13H,2,4-5,8H2,1H3/t9-,10+/m0/s1. The molecule has 0 spiro atoms. The maximum absolute atomic E-state index is 9.22. The van der Waals surface area contributed by atoms with Gasteiger partial charge in [-0.1, -0.05) is 6.42 Å². The van der Waals surface area contributed by atoms with Crippen molar-refractivity contribution >= 4 is 0 Å². The summed E-state index contributed by atoms with van der Waals surface area (Å²) in [7, 11) is 2.09. The van der Waals surface area contributed by atoms with Crippen LogP contribution in [0.15, 0.2) is 18.3 Å². The number of hydrogen-bond acceptors (Lipinski definition) is 1. The molecule has 1 aromatic rings. The summed E-state index contributed by atoms with van der Waals surface area (Å²) >= 11 is 0. The molecule has 72 valence electrons. The maximum Gasteiger partial charge on any atom is 0.0465 e. The van der Waals surface area contributed by atoms with Gasteiger partial charge in [-0.05, 0) is 30.9 Å². The largest absolute Gasteiger partial charge is 0.396 e. The zero-order valence-electron chi connectivity index (χ0n) is 8.11. The van der Waals surface area contributed by atoms with Gasteiger partial charge in [0, 0.05) is 31.5 Å². The molecule has 0 unspecified atom stereocenters. The van der Waals surface area contributed by atoms with Gasteiger partial charge in [0.05, 0.1) is 0 Å². The van der Waals surface area contributed by atoms with Crippen molar-refractivity contribution in [2.24, 2.45) is 13.0 Å². The molecule has 0 amide bonds. The van der Waals surface area contributed by atoms with E-state index in [9.17, 15) is 5.11 Å². The van der Waals surface area contributed by atoms with Crippen molar-refractivity contribution < 1.29 is 5.11 Å². The topological polar surface area (TPSA) is 25.2 Å². The molecule has 0 aliphatic heterocycles. The monoisotopic (exact) mass is 179 g/mol. The zero-order valence-corrected chi connectivity index (χ0v) is 8.11. The van der Waals surface area contributed by atoms with Crippen molar-refractivity contribution in [3.8, 4) is 0 Å². The Morgan fingerprint density at radius 3 is 3.00 bits per heavy atom. The molecule has 0 aromatic carbocycles. The van der Waals surface area contributed by atoms with Gasteiger partial charge in [-0.25, -0.2) is 0 Å². The van der Waals surface area contributed by atoms with Crippen LogP contribution in [0.2, 0.25) is 0 Å². The fraction of sp³-hybridized carbons (Fsp3) is 0.636. The van der Waals surface area contributed by atoms with Gasteiger partial charge in [-0.3, -0.25) is 0 Å². The summed E-state index contributed by atoms with van der Waals surface area (Å²) in [5, 5.41) is 9.22. The van der Waals surface area contributed by atoms with E-state index in [1.54, 1.807) is 0 Å². The molecule has 0 radical (unpaired) electrons. The van der Waals surface area contributed by atoms with Crippen molar-refractivity contribution in [3.63, 3.8) is 0 Å². The molecule has 1 aliphatic carbocycles. The van der Waals surface area contributed by atoms with Gasteiger partial charge in [-0.15, -0.1) is 0 Å². The summed E-state index contributed by atoms with van der Waals surface area (Å²) < 4.78 is 2.18. The smallest absolute Gasteiger partial charge is 0.0465 e. The van der Waals surface area contributed by atoms with E-state index in [2.05, 4.69) is 29.9 Å². The molecular formula is C11H17NO. The molecule has 2 heteroatoms. The molecule has 2 nitrogen and oxygen atoms in total. The van der Waals surface area contributed by atoms with Gasteiger partial charge in [0.25, 0.3) is 0 Å². The van der Waals surface area contributed by atoms with E-state index in [0.29, 0.717) is 18.4 Å². The van der Waals surface area contributed by atoms with Gasteiger partial charge >= 0.3 is 0 Å². The van der Waals surface area contributed by atoms with Crippen LogP contribution in [0.4, 0.5) is 0 Å². The molecule has 1 heterocycles. The number of rotatable bonds is 2. The molecule has 1 N–H and O–H groups in total. The molecule has 2 rings (SSSR count). The van der Waals surface area contributed by atoms with Crippen LogP contribution in [0.1, 0.15) is 30.9 Å². The van der Waals surface area contributed by atoms with Crippen molar-refractivity contribution in [2.45, 2.75) is 25.2 Å². The first kappa shape index (κ1) is 8.82. The SMILES string of the molecule is Cn1cccc1[C@@H]1CCC[C@H]1CO. The molecule has 2 atom stereocenters. The number of nitrogens with zero attached hydrogens (tertiary/aromatic N) is 1. The Hall–Kier alpha value is -0.760. The van der Waals surface area contributed by atoms with E-state index in [1.165, 1.54) is 25.0 Å². The van der Waals surface area contributed by atoms with Crippen molar-refractivity contribution in [3.05, 3.63) is 24.0 Å². The van der Waals surface area contributed by atoms with E-state index >= 15 is 0 Å². The highest BCUT2D eigenvalue weighted by atomic mass is 16.3. The van der Waals surface area contributed by atoms with Gasteiger partial charge in [0.15, 0.2) is 0 Å². The van der Waals surface area contributed by atoms with Gasteiger partial charge in [0.1, 0.15) is 0 Å². The Bertz CT molecular complexity index is 279. The second-order valence-electron chi connectivity index (χ2n) is 4.02. The first-order valence-electron chi connectivity index (χ1n) is 5.05. The Morgan fingerprint density at radius 2 is 2.38 bits per heavy atom. The minimum Gasteiger partial charge on any atom is -0.396 e. The fourth-order valence-corrected chi connectivity index (χ4v) is 2.50.